The molecule has 0 spiro atoms. The number of hydrogen-bond donors (Lipinski definition) is 0. The summed E-state index contributed by atoms with van der Waals surface area (Å²) in [5, 5.41) is 9.66. The highest BCUT2D eigenvalue weighted by Crippen LogP contribution is 2.29. The molecule has 102 valence electrons. The summed E-state index contributed by atoms with van der Waals surface area (Å²) in [5.74, 6) is 0.978. The topological polar surface area (TPSA) is 55.1 Å². The highest BCUT2D eigenvalue weighted by Gasteiger charge is 2.09. The Balaban J connectivity index is 2.19. The fraction of sp³-hybridized carbons (Fsp3) is 0.143. The number of nitriles is 1. The first kappa shape index (κ1) is 14.4. The molecule has 0 saturated heterocycles. The molecule has 0 radical (unpaired) electrons. The lowest BCUT2D eigenvalue weighted by Gasteiger charge is -2.11. The highest BCUT2D eigenvalue weighted by atomic mass is 35.5. The Hall–Kier alpha value is -1.96. The maximum absolute atomic E-state index is 8.83. The van der Waals surface area contributed by atoms with Crippen LogP contribution in [0.5, 0.6) is 11.5 Å². The zero-order valence-electron chi connectivity index (χ0n) is 10.6. The van der Waals surface area contributed by atoms with Crippen molar-refractivity contribution in [3.8, 4) is 17.6 Å². The number of nitrogens with zero attached hydrogens (tertiary/aromatic N) is 2. The largest absolute Gasteiger partial charge is 0.493 e. The molecule has 20 heavy (non-hydrogen) atoms. The van der Waals surface area contributed by atoms with E-state index in [0.717, 1.165) is 0 Å². The predicted molar refractivity (Wildman–Crippen MR) is 76.3 cm³/mol. The molecule has 0 unspecified atom stereocenters. The monoisotopic (exact) mass is 308 g/mol. The number of aromatic nitrogens is 1. The van der Waals surface area contributed by atoms with Crippen molar-refractivity contribution in [1.82, 2.24) is 4.98 Å². The van der Waals surface area contributed by atoms with Crippen molar-refractivity contribution >= 4 is 23.2 Å². The molecule has 0 aliphatic carbocycles. The number of hydrogen-bond acceptors (Lipinski definition) is 4. The summed E-state index contributed by atoms with van der Waals surface area (Å²) in [4.78, 5) is 4.09. The van der Waals surface area contributed by atoms with E-state index in [-0.39, 0.29) is 6.61 Å². The molecule has 0 aliphatic rings. The summed E-state index contributed by atoms with van der Waals surface area (Å²) in [7, 11) is 1.51. The van der Waals surface area contributed by atoms with Crippen LogP contribution in [-0.2, 0) is 6.61 Å². The van der Waals surface area contributed by atoms with Crippen LogP contribution >= 0.6 is 23.2 Å². The lowest BCUT2D eigenvalue weighted by Crippen LogP contribution is -2.01. The number of ether oxygens (including phenoxy) is 2. The first-order chi connectivity index (χ1) is 9.63. The van der Waals surface area contributed by atoms with Gasteiger partial charge in [-0.15, -0.1) is 0 Å². The maximum atomic E-state index is 8.83. The van der Waals surface area contributed by atoms with Gasteiger partial charge < -0.3 is 9.47 Å². The van der Waals surface area contributed by atoms with Gasteiger partial charge in [-0.2, -0.15) is 5.26 Å². The number of methoxy groups -OCH3 is 1. The van der Waals surface area contributed by atoms with E-state index in [9.17, 15) is 0 Å². The summed E-state index contributed by atoms with van der Waals surface area (Å²) >= 11 is 11.8. The van der Waals surface area contributed by atoms with Crippen molar-refractivity contribution in [1.29, 1.82) is 5.26 Å². The van der Waals surface area contributed by atoms with Crippen LogP contribution in [0.1, 0.15) is 11.3 Å². The third kappa shape index (κ3) is 3.32. The molecule has 2 aromatic rings. The van der Waals surface area contributed by atoms with Gasteiger partial charge in [0.2, 0.25) is 0 Å². The van der Waals surface area contributed by atoms with E-state index < -0.39 is 0 Å². The first-order valence-electron chi connectivity index (χ1n) is 5.66. The molecule has 0 amide bonds. The number of halogens is 2. The molecule has 1 aromatic heterocycles. The van der Waals surface area contributed by atoms with Crippen LogP contribution in [0.15, 0.2) is 30.3 Å². The SMILES string of the molecule is COc1cc(C#N)ccc1OCc1nc(Cl)ccc1Cl. The maximum Gasteiger partial charge on any atom is 0.162 e. The van der Waals surface area contributed by atoms with Crippen LogP contribution in [0, 0.1) is 11.3 Å². The Kier molecular flexibility index (Phi) is 4.67. The smallest absolute Gasteiger partial charge is 0.162 e. The second-order valence-corrected chi connectivity index (χ2v) is 4.62. The molecule has 0 atom stereocenters. The molecule has 1 heterocycles. The lowest BCUT2D eigenvalue weighted by molar-refractivity contribution is 0.281. The van der Waals surface area contributed by atoms with Gasteiger partial charge in [0.15, 0.2) is 11.5 Å². The quantitative estimate of drug-likeness (QED) is 0.805. The van der Waals surface area contributed by atoms with E-state index in [4.69, 9.17) is 37.9 Å². The Morgan fingerprint density at radius 3 is 2.70 bits per heavy atom. The zero-order valence-corrected chi connectivity index (χ0v) is 12.1. The van der Waals surface area contributed by atoms with E-state index in [0.29, 0.717) is 32.9 Å². The van der Waals surface area contributed by atoms with Gasteiger partial charge >= 0.3 is 0 Å². The minimum Gasteiger partial charge on any atom is -0.493 e. The van der Waals surface area contributed by atoms with Crippen LogP contribution in [0.4, 0.5) is 0 Å². The third-order valence-corrected chi connectivity index (χ3v) is 3.10. The second kappa shape index (κ2) is 6.47. The third-order valence-electron chi connectivity index (χ3n) is 2.54. The minimum absolute atomic E-state index is 0.154. The predicted octanol–water partition coefficient (Wildman–Crippen LogP) is 3.85. The van der Waals surface area contributed by atoms with E-state index >= 15 is 0 Å². The molecule has 0 bridgehead atoms. The van der Waals surface area contributed by atoms with Crippen LogP contribution in [0.2, 0.25) is 10.2 Å². The van der Waals surface area contributed by atoms with E-state index in [1.165, 1.54) is 7.11 Å². The van der Waals surface area contributed by atoms with Crippen molar-refractivity contribution in [3.63, 3.8) is 0 Å². The molecular weight excluding hydrogens is 299 g/mol. The molecule has 4 nitrogen and oxygen atoms in total. The Labute approximate surface area is 126 Å². The van der Waals surface area contributed by atoms with Crippen molar-refractivity contribution in [2.75, 3.05) is 7.11 Å². The molecular formula is C14H10Cl2N2O2. The summed E-state index contributed by atoms with van der Waals surface area (Å²) < 4.78 is 10.8. The van der Waals surface area contributed by atoms with Gasteiger partial charge in [-0.25, -0.2) is 4.98 Å². The van der Waals surface area contributed by atoms with Crippen molar-refractivity contribution in [2.24, 2.45) is 0 Å². The molecule has 0 saturated carbocycles. The van der Waals surface area contributed by atoms with Gasteiger partial charge in [0.1, 0.15) is 11.8 Å². The van der Waals surface area contributed by atoms with Crippen LogP contribution < -0.4 is 9.47 Å². The van der Waals surface area contributed by atoms with Crippen molar-refractivity contribution in [3.05, 3.63) is 51.8 Å². The van der Waals surface area contributed by atoms with Crippen LogP contribution in [0.25, 0.3) is 0 Å². The molecule has 0 fully saturated rings. The van der Waals surface area contributed by atoms with Gasteiger partial charge in [-0.3, -0.25) is 0 Å². The molecule has 6 heteroatoms. The molecule has 2 rings (SSSR count). The zero-order chi connectivity index (χ0) is 14.5. The number of rotatable bonds is 4. The van der Waals surface area contributed by atoms with E-state index in [2.05, 4.69) is 4.98 Å². The molecule has 1 aromatic carbocycles. The average molecular weight is 309 g/mol. The van der Waals surface area contributed by atoms with Crippen molar-refractivity contribution in [2.45, 2.75) is 6.61 Å². The van der Waals surface area contributed by atoms with E-state index in [1.54, 1.807) is 30.3 Å². The Morgan fingerprint density at radius 1 is 1.20 bits per heavy atom. The highest BCUT2D eigenvalue weighted by molar-refractivity contribution is 6.32. The van der Waals surface area contributed by atoms with Crippen LogP contribution in [-0.4, -0.2) is 12.1 Å². The van der Waals surface area contributed by atoms with Crippen LogP contribution in [0.3, 0.4) is 0 Å². The van der Waals surface area contributed by atoms with Gasteiger partial charge in [0.25, 0.3) is 0 Å². The Bertz CT molecular complexity index is 669. The number of pyridine rings is 1. The van der Waals surface area contributed by atoms with Gasteiger partial charge in [0.05, 0.1) is 29.5 Å². The Morgan fingerprint density at radius 2 is 2.00 bits per heavy atom. The average Bonchev–Trinajstić information content (AvgIpc) is 2.48. The summed E-state index contributed by atoms with van der Waals surface area (Å²) in [6.07, 6.45) is 0. The van der Waals surface area contributed by atoms with Crippen molar-refractivity contribution < 1.29 is 9.47 Å². The molecule has 0 aliphatic heterocycles. The summed E-state index contributed by atoms with van der Waals surface area (Å²) in [6, 6.07) is 10.2. The summed E-state index contributed by atoms with van der Waals surface area (Å²) in [5.41, 5.74) is 1.03. The van der Waals surface area contributed by atoms with E-state index in [1.807, 2.05) is 6.07 Å². The fourth-order valence-corrected chi connectivity index (χ4v) is 1.89. The van der Waals surface area contributed by atoms with Gasteiger partial charge in [-0.1, -0.05) is 23.2 Å². The lowest BCUT2D eigenvalue weighted by atomic mass is 10.2. The standard InChI is InChI=1S/C14H10Cl2N2O2/c1-19-13-6-9(7-17)2-4-12(13)20-8-11-10(15)3-5-14(16)18-11/h2-6H,8H2,1H3. The molecule has 0 N–H and O–H groups in total. The van der Waals surface area contributed by atoms with Gasteiger partial charge in [0, 0.05) is 6.07 Å². The normalized spacial score (nSPS) is 9.90. The first-order valence-corrected chi connectivity index (χ1v) is 6.41. The summed E-state index contributed by atoms with van der Waals surface area (Å²) in [6.45, 7) is 0.154. The second-order valence-electron chi connectivity index (χ2n) is 3.83. The minimum atomic E-state index is 0.154. The number of benzene rings is 1. The fourth-order valence-electron chi connectivity index (χ4n) is 1.56. The van der Waals surface area contributed by atoms with Gasteiger partial charge in [-0.05, 0) is 24.3 Å².